The van der Waals surface area contributed by atoms with Crippen molar-refractivity contribution in [3.05, 3.63) is 66.7 Å². The predicted octanol–water partition coefficient (Wildman–Crippen LogP) is 3.23. The van der Waals surface area contributed by atoms with E-state index in [0.717, 1.165) is 43.1 Å². The van der Waals surface area contributed by atoms with Crippen molar-refractivity contribution in [2.45, 2.75) is 12.8 Å². The molecule has 7 heteroatoms. The van der Waals surface area contributed by atoms with Crippen molar-refractivity contribution in [1.29, 1.82) is 0 Å². The Morgan fingerprint density at radius 1 is 1.00 bits per heavy atom. The molecule has 3 N–H and O–H groups in total. The molecule has 1 aliphatic rings. The normalized spacial score (nSPS) is 12.5. The third-order valence-electron chi connectivity index (χ3n) is 3.90. The van der Waals surface area contributed by atoms with Crippen LogP contribution in [0.2, 0.25) is 0 Å². The highest BCUT2D eigenvalue weighted by atomic mass is 16.5. The number of ether oxygens (including phenoxy) is 1. The SMILES string of the molecule is O=C(O)/C=C/C(=O)O.c1ccc(-c2ccccc2OCCCC2=NCCN2)cc1. The van der Waals surface area contributed by atoms with Crippen LogP contribution in [0.1, 0.15) is 12.8 Å². The Hall–Kier alpha value is -3.61. The van der Waals surface area contributed by atoms with Gasteiger partial charge in [-0.05, 0) is 18.1 Å². The molecule has 0 aliphatic carbocycles. The standard InChI is InChI=1S/C18H20N2O.C4H4O4/c1-2-7-15(8-3-1)16-9-4-5-10-17(16)21-14-6-11-18-19-12-13-20-18;5-3(6)1-2-4(7)8/h1-5,7-10H,6,11-14H2,(H,19,20);1-2H,(H,5,6)(H,7,8)/b;2-1+. The molecule has 152 valence electrons. The molecule has 0 saturated heterocycles. The van der Waals surface area contributed by atoms with Gasteiger partial charge in [0.1, 0.15) is 5.75 Å². The number of para-hydroxylation sites is 1. The zero-order valence-corrected chi connectivity index (χ0v) is 16.0. The molecule has 0 atom stereocenters. The second-order valence-electron chi connectivity index (χ2n) is 6.08. The van der Waals surface area contributed by atoms with Crippen LogP contribution in [-0.4, -0.2) is 47.7 Å². The van der Waals surface area contributed by atoms with Crippen LogP contribution < -0.4 is 10.1 Å². The fraction of sp³-hybridized carbons (Fsp3) is 0.227. The summed E-state index contributed by atoms with van der Waals surface area (Å²) in [5.74, 6) is -0.445. The summed E-state index contributed by atoms with van der Waals surface area (Å²) in [6, 6.07) is 18.6. The maximum atomic E-state index is 9.55. The number of nitrogens with zero attached hydrogens (tertiary/aromatic N) is 1. The molecule has 1 aliphatic heterocycles. The lowest BCUT2D eigenvalue weighted by molar-refractivity contribution is -0.134. The largest absolute Gasteiger partial charge is 0.493 e. The number of carboxylic acid groups (broad SMARTS) is 2. The van der Waals surface area contributed by atoms with Gasteiger partial charge in [0.25, 0.3) is 0 Å². The zero-order valence-electron chi connectivity index (χ0n) is 16.0. The Morgan fingerprint density at radius 3 is 2.28 bits per heavy atom. The average molecular weight is 396 g/mol. The lowest BCUT2D eigenvalue weighted by Gasteiger charge is -2.11. The summed E-state index contributed by atoms with van der Waals surface area (Å²) in [6.45, 7) is 2.60. The minimum absolute atomic E-state index is 0.558. The van der Waals surface area contributed by atoms with Gasteiger partial charge in [0.2, 0.25) is 0 Å². The van der Waals surface area contributed by atoms with Gasteiger partial charge >= 0.3 is 11.9 Å². The van der Waals surface area contributed by atoms with Crippen LogP contribution in [-0.2, 0) is 9.59 Å². The molecule has 0 spiro atoms. The highest BCUT2D eigenvalue weighted by molar-refractivity contribution is 5.89. The summed E-state index contributed by atoms with van der Waals surface area (Å²) in [7, 11) is 0. The average Bonchev–Trinajstić information content (AvgIpc) is 3.25. The molecule has 3 rings (SSSR count). The molecule has 0 fully saturated rings. The Morgan fingerprint density at radius 2 is 1.66 bits per heavy atom. The Labute approximate surface area is 169 Å². The van der Waals surface area contributed by atoms with Crippen LogP contribution in [0.25, 0.3) is 11.1 Å². The monoisotopic (exact) mass is 396 g/mol. The van der Waals surface area contributed by atoms with E-state index in [1.54, 1.807) is 0 Å². The molecule has 2 aromatic carbocycles. The third kappa shape index (κ3) is 8.30. The topological polar surface area (TPSA) is 108 Å². The van der Waals surface area contributed by atoms with Gasteiger partial charge in [-0.3, -0.25) is 4.99 Å². The highest BCUT2D eigenvalue weighted by Gasteiger charge is 2.07. The van der Waals surface area contributed by atoms with Crippen molar-refractivity contribution in [2.75, 3.05) is 19.7 Å². The van der Waals surface area contributed by atoms with Gasteiger partial charge in [-0.15, -0.1) is 0 Å². The first kappa shape index (κ1) is 21.7. The lowest BCUT2D eigenvalue weighted by Crippen LogP contribution is -2.18. The smallest absolute Gasteiger partial charge is 0.328 e. The molecule has 0 amide bonds. The van der Waals surface area contributed by atoms with E-state index in [0.29, 0.717) is 18.8 Å². The minimum atomic E-state index is -1.26. The summed E-state index contributed by atoms with van der Waals surface area (Å²) in [5, 5.41) is 18.9. The molecule has 0 unspecified atom stereocenters. The van der Waals surface area contributed by atoms with Gasteiger partial charge in [0.15, 0.2) is 0 Å². The second kappa shape index (κ2) is 12.0. The number of aliphatic imine (C=N–C) groups is 1. The number of carboxylic acids is 2. The van der Waals surface area contributed by atoms with Crippen LogP contribution in [0.15, 0.2) is 71.7 Å². The number of hydrogen-bond acceptors (Lipinski definition) is 5. The number of aliphatic carboxylic acids is 2. The molecular weight excluding hydrogens is 372 g/mol. The van der Waals surface area contributed by atoms with Crippen LogP contribution in [0, 0.1) is 0 Å². The quantitative estimate of drug-likeness (QED) is 0.467. The van der Waals surface area contributed by atoms with Gasteiger partial charge in [0, 0.05) is 30.7 Å². The Bertz CT molecular complexity index is 847. The van der Waals surface area contributed by atoms with E-state index in [2.05, 4.69) is 40.6 Å². The maximum absolute atomic E-state index is 9.55. The first-order valence-electron chi connectivity index (χ1n) is 9.24. The number of rotatable bonds is 8. The molecule has 0 aromatic heterocycles. The summed E-state index contributed by atoms with van der Waals surface area (Å²) in [5.41, 5.74) is 2.34. The Kier molecular flexibility index (Phi) is 8.95. The minimum Gasteiger partial charge on any atom is -0.493 e. The van der Waals surface area contributed by atoms with Gasteiger partial charge < -0.3 is 20.3 Å². The summed E-state index contributed by atoms with van der Waals surface area (Å²) >= 11 is 0. The molecular formula is C22H24N2O5. The second-order valence-corrected chi connectivity index (χ2v) is 6.08. The molecule has 29 heavy (non-hydrogen) atoms. The van der Waals surface area contributed by atoms with Gasteiger partial charge in [0.05, 0.1) is 19.0 Å². The molecule has 0 bridgehead atoms. The van der Waals surface area contributed by atoms with Crippen molar-refractivity contribution in [3.8, 4) is 16.9 Å². The predicted molar refractivity (Wildman–Crippen MR) is 111 cm³/mol. The number of benzene rings is 2. The number of nitrogens with one attached hydrogen (secondary N) is 1. The van der Waals surface area contributed by atoms with E-state index in [-0.39, 0.29) is 0 Å². The zero-order chi connectivity index (χ0) is 20.9. The van der Waals surface area contributed by atoms with Crippen molar-refractivity contribution in [1.82, 2.24) is 5.32 Å². The summed E-state index contributed by atoms with van der Waals surface area (Å²) < 4.78 is 5.97. The van der Waals surface area contributed by atoms with Crippen LogP contribution in [0.3, 0.4) is 0 Å². The Balaban J connectivity index is 0.000000321. The van der Waals surface area contributed by atoms with Gasteiger partial charge in [-0.2, -0.15) is 0 Å². The van der Waals surface area contributed by atoms with E-state index in [4.69, 9.17) is 14.9 Å². The van der Waals surface area contributed by atoms with Crippen molar-refractivity contribution < 1.29 is 24.5 Å². The number of carbonyl (C=O) groups is 2. The summed E-state index contributed by atoms with van der Waals surface area (Å²) in [4.78, 5) is 23.5. The third-order valence-corrected chi connectivity index (χ3v) is 3.90. The highest BCUT2D eigenvalue weighted by Crippen LogP contribution is 2.29. The lowest BCUT2D eigenvalue weighted by atomic mass is 10.1. The van der Waals surface area contributed by atoms with E-state index >= 15 is 0 Å². The van der Waals surface area contributed by atoms with Crippen LogP contribution in [0.4, 0.5) is 0 Å². The van der Waals surface area contributed by atoms with Crippen LogP contribution in [0.5, 0.6) is 5.75 Å². The van der Waals surface area contributed by atoms with Crippen molar-refractivity contribution in [3.63, 3.8) is 0 Å². The van der Waals surface area contributed by atoms with E-state index in [1.165, 1.54) is 5.56 Å². The maximum Gasteiger partial charge on any atom is 0.328 e. The number of amidine groups is 1. The molecule has 1 heterocycles. The van der Waals surface area contributed by atoms with Gasteiger partial charge in [-0.25, -0.2) is 9.59 Å². The first-order chi connectivity index (χ1) is 14.1. The first-order valence-corrected chi connectivity index (χ1v) is 9.24. The van der Waals surface area contributed by atoms with Crippen LogP contribution >= 0.6 is 0 Å². The van der Waals surface area contributed by atoms with E-state index in [9.17, 15) is 9.59 Å². The van der Waals surface area contributed by atoms with Crippen molar-refractivity contribution in [2.24, 2.45) is 4.99 Å². The molecule has 2 aromatic rings. The number of hydrogen-bond donors (Lipinski definition) is 3. The fourth-order valence-electron chi connectivity index (χ4n) is 2.63. The molecule has 0 radical (unpaired) electrons. The van der Waals surface area contributed by atoms with Crippen molar-refractivity contribution >= 4 is 17.8 Å². The fourth-order valence-corrected chi connectivity index (χ4v) is 2.63. The van der Waals surface area contributed by atoms with E-state index in [1.807, 2.05) is 24.3 Å². The summed E-state index contributed by atoms with van der Waals surface area (Å²) in [6.07, 6.45) is 3.06. The molecule has 7 nitrogen and oxygen atoms in total. The molecule has 0 saturated carbocycles. The van der Waals surface area contributed by atoms with E-state index < -0.39 is 11.9 Å². The van der Waals surface area contributed by atoms with Gasteiger partial charge in [-0.1, -0.05) is 48.5 Å².